The van der Waals surface area contributed by atoms with Crippen LogP contribution in [0.5, 0.6) is 5.75 Å². The number of nitrogens with one attached hydrogen (secondary N) is 1. The fourth-order valence-corrected chi connectivity index (χ4v) is 3.84. The Bertz CT molecular complexity index is 836. The summed E-state index contributed by atoms with van der Waals surface area (Å²) in [7, 11) is -3.77. The van der Waals surface area contributed by atoms with Crippen LogP contribution in [0.1, 0.15) is 10.4 Å². The molecule has 0 spiro atoms. The zero-order valence-corrected chi connectivity index (χ0v) is 12.8. The molecule has 0 saturated heterocycles. The molecule has 0 unspecified atom stereocenters. The minimum Gasteiger partial charge on any atom is -0.489 e. The number of carbonyl (C=O) groups is 1. The predicted octanol–water partition coefficient (Wildman–Crippen LogP) is 1.39. The molecule has 1 heterocycles. The Hall–Kier alpha value is -2.58. The Morgan fingerprint density at radius 1 is 1.17 bits per heavy atom. The van der Waals surface area contributed by atoms with Crippen molar-refractivity contribution < 1.29 is 23.2 Å². The molecule has 2 aromatic rings. The fourth-order valence-electron chi connectivity index (χ4n) is 2.37. The lowest BCUT2D eigenvalue weighted by molar-refractivity contribution is 0.0706. The van der Waals surface area contributed by atoms with Gasteiger partial charge in [0, 0.05) is 5.56 Å². The molecule has 120 valence electrons. The van der Waals surface area contributed by atoms with Crippen molar-refractivity contribution in [3.8, 4) is 5.75 Å². The van der Waals surface area contributed by atoms with Crippen LogP contribution in [0.2, 0.25) is 0 Å². The van der Waals surface area contributed by atoms with Crippen LogP contribution in [-0.4, -0.2) is 32.7 Å². The highest BCUT2D eigenvalue weighted by Gasteiger charge is 2.30. The van der Waals surface area contributed by atoms with E-state index in [0.717, 1.165) is 0 Å². The highest BCUT2D eigenvalue weighted by Crippen LogP contribution is 2.36. The molecule has 0 bridgehead atoms. The predicted molar refractivity (Wildman–Crippen MR) is 82.2 cm³/mol. The molecule has 2 N–H and O–H groups in total. The summed E-state index contributed by atoms with van der Waals surface area (Å²) in [5.41, 5.74) is 1.92. The highest BCUT2D eigenvalue weighted by molar-refractivity contribution is 7.92. The van der Waals surface area contributed by atoms with Crippen molar-refractivity contribution >= 4 is 21.6 Å². The summed E-state index contributed by atoms with van der Waals surface area (Å²) in [4.78, 5) is 11.7. The Morgan fingerprint density at radius 3 is 2.61 bits per heavy atom. The number of benzene rings is 2. The molecule has 1 amide bonds. The zero-order valence-electron chi connectivity index (χ0n) is 12.0. The average Bonchev–Trinajstić information content (AvgIpc) is 2.60. The maximum absolute atomic E-state index is 12.8. The van der Waals surface area contributed by atoms with Gasteiger partial charge in [0.1, 0.15) is 12.4 Å². The number of hydrogen-bond acceptors (Lipinski definition) is 5. The molecule has 1 aliphatic rings. The standard InChI is InChI=1S/C15H14N2O5S/c18-15(16-19)11-6-7-14-13(10-11)17(8-9-22-14)23(20,21)12-4-2-1-3-5-12/h1-7,10,19H,8-9H2,(H,16,18). The summed E-state index contributed by atoms with van der Waals surface area (Å²) >= 11 is 0. The van der Waals surface area contributed by atoms with Gasteiger partial charge in [-0.1, -0.05) is 18.2 Å². The molecule has 0 saturated carbocycles. The van der Waals surface area contributed by atoms with Crippen molar-refractivity contribution in [2.24, 2.45) is 0 Å². The summed E-state index contributed by atoms with van der Waals surface area (Å²) < 4.78 is 32.3. The number of sulfonamides is 1. The molecular formula is C15H14N2O5S. The number of nitrogens with zero attached hydrogens (tertiary/aromatic N) is 1. The van der Waals surface area contributed by atoms with Gasteiger partial charge < -0.3 is 4.74 Å². The van der Waals surface area contributed by atoms with Gasteiger partial charge in [0.05, 0.1) is 17.1 Å². The lowest BCUT2D eigenvalue weighted by atomic mass is 10.1. The van der Waals surface area contributed by atoms with Crippen LogP contribution >= 0.6 is 0 Å². The topological polar surface area (TPSA) is 95.9 Å². The Kier molecular flexibility index (Phi) is 3.93. The SMILES string of the molecule is O=C(NO)c1ccc2c(c1)N(S(=O)(=O)c1ccccc1)CCO2. The zero-order chi connectivity index (χ0) is 16.4. The van der Waals surface area contributed by atoms with Crippen molar-refractivity contribution in [3.05, 3.63) is 54.1 Å². The number of hydrogen-bond donors (Lipinski definition) is 2. The maximum Gasteiger partial charge on any atom is 0.274 e. The minimum absolute atomic E-state index is 0.130. The van der Waals surface area contributed by atoms with Crippen LogP contribution in [0, 0.1) is 0 Å². The molecule has 0 aromatic heterocycles. The number of hydroxylamine groups is 1. The molecule has 1 aliphatic heterocycles. The van der Waals surface area contributed by atoms with Gasteiger partial charge in [0.15, 0.2) is 0 Å². The van der Waals surface area contributed by atoms with Crippen molar-refractivity contribution in [3.63, 3.8) is 0 Å². The van der Waals surface area contributed by atoms with E-state index in [2.05, 4.69) is 0 Å². The van der Waals surface area contributed by atoms with Crippen LogP contribution < -0.4 is 14.5 Å². The first kappa shape index (κ1) is 15.3. The number of ether oxygens (including phenoxy) is 1. The third-order valence-corrected chi connectivity index (χ3v) is 5.30. The van der Waals surface area contributed by atoms with Gasteiger partial charge in [-0.05, 0) is 30.3 Å². The molecule has 0 aliphatic carbocycles. The van der Waals surface area contributed by atoms with Crippen molar-refractivity contribution in [2.75, 3.05) is 17.5 Å². The number of amides is 1. The van der Waals surface area contributed by atoms with Gasteiger partial charge in [-0.3, -0.25) is 14.3 Å². The molecule has 8 heteroatoms. The first-order chi connectivity index (χ1) is 11.0. The van der Waals surface area contributed by atoms with Gasteiger partial charge >= 0.3 is 0 Å². The average molecular weight is 334 g/mol. The fraction of sp³-hybridized carbons (Fsp3) is 0.133. The number of carbonyl (C=O) groups excluding carboxylic acids is 1. The monoisotopic (exact) mass is 334 g/mol. The summed E-state index contributed by atoms with van der Waals surface area (Å²) in [5, 5.41) is 8.73. The highest BCUT2D eigenvalue weighted by atomic mass is 32.2. The van der Waals surface area contributed by atoms with Crippen molar-refractivity contribution in [1.29, 1.82) is 0 Å². The van der Waals surface area contributed by atoms with E-state index < -0.39 is 15.9 Å². The molecule has 7 nitrogen and oxygen atoms in total. The second-order valence-corrected chi connectivity index (χ2v) is 6.72. The first-order valence-corrected chi connectivity index (χ1v) is 8.27. The molecule has 23 heavy (non-hydrogen) atoms. The second kappa shape index (κ2) is 5.90. The third-order valence-electron chi connectivity index (χ3n) is 3.47. The Labute approximate surface area is 133 Å². The first-order valence-electron chi connectivity index (χ1n) is 6.83. The van der Waals surface area contributed by atoms with E-state index in [4.69, 9.17) is 9.94 Å². The van der Waals surface area contributed by atoms with Crippen LogP contribution in [0.3, 0.4) is 0 Å². The van der Waals surface area contributed by atoms with Gasteiger partial charge in [-0.25, -0.2) is 13.9 Å². The molecule has 2 aromatic carbocycles. The molecule has 0 fully saturated rings. The van der Waals surface area contributed by atoms with Gasteiger partial charge in [0.2, 0.25) is 0 Å². The Balaban J connectivity index is 2.09. The van der Waals surface area contributed by atoms with E-state index in [1.165, 1.54) is 40.1 Å². The number of anilines is 1. The van der Waals surface area contributed by atoms with Crippen LogP contribution in [-0.2, 0) is 10.0 Å². The molecular weight excluding hydrogens is 320 g/mol. The van der Waals surface area contributed by atoms with Crippen molar-refractivity contribution in [2.45, 2.75) is 4.90 Å². The largest absolute Gasteiger partial charge is 0.489 e. The van der Waals surface area contributed by atoms with E-state index in [1.807, 2.05) is 0 Å². The van der Waals surface area contributed by atoms with Gasteiger partial charge in [-0.2, -0.15) is 0 Å². The number of rotatable bonds is 3. The summed E-state index contributed by atoms with van der Waals surface area (Å²) in [5.74, 6) is -0.360. The van der Waals surface area contributed by atoms with E-state index in [-0.39, 0.29) is 29.3 Å². The van der Waals surface area contributed by atoms with E-state index in [9.17, 15) is 13.2 Å². The molecule has 3 rings (SSSR count). The minimum atomic E-state index is -3.77. The summed E-state index contributed by atoms with van der Waals surface area (Å²) in [6, 6.07) is 12.4. The van der Waals surface area contributed by atoms with Gasteiger partial charge in [0.25, 0.3) is 15.9 Å². The van der Waals surface area contributed by atoms with Crippen LogP contribution in [0.15, 0.2) is 53.4 Å². The molecule has 0 atom stereocenters. The van der Waals surface area contributed by atoms with E-state index >= 15 is 0 Å². The van der Waals surface area contributed by atoms with Crippen LogP contribution in [0.4, 0.5) is 5.69 Å². The smallest absolute Gasteiger partial charge is 0.274 e. The second-order valence-electron chi connectivity index (χ2n) is 4.86. The lowest BCUT2D eigenvalue weighted by Gasteiger charge is -2.30. The lowest BCUT2D eigenvalue weighted by Crippen LogP contribution is -2.38. The number of fused-ring (bicyclic) bond motifs is 1. The summed E-state index contributed by atoms with van der Waals surface area (Å²) in [6.45, 7) is 0.346. The van der Waals surface area contributed by atoms with Gasteiger partial charge in [-0.15, -0.1) is 0 Å². The Morgan fingerprint density at radius 2 is 1.91 bits per heavy atom. The third kappa shape index (κ3) is 2.73. The normalized spacial score (nSPS) is 13.9. The summed E-state index contributed by atoms with van der Waals surface area (Å²) in [6.07, 6.45) is 0. The van der Waals surface area contributed by atoms with Crippen LogP contribution in [0.25, 0.3) is 0 Å². The van der Waals surface area contributed by atoms with E-state index in [1.54, 1.807) is 18.2 Å². The van der Waals surface area contributed by atoms with E-state index in [0.29, 0.717) is 5.75 Å². The maximum atomic E-state index is 12.8. The molecule has 0 radical (unpaired) electrons. The van der Waals surface area contributed by atoms with Crippen molar-refractivity contribution in [1.82, 2.24) is 5.48 Å². The quantitative estimate of drug-likeness (QED) is 0.653.